The van der Waals surface area contributed by atoms with Crippen molar-refractivity contribution in [3.8, 4) is 0 Å². The summed E-state index contributed by atoms with van der Waals surface area (Å²) in [5.74, 6) is 0.247. The van der Waals surface area contributed by atoms with Crippen molar-refractivity contribution in [2.75, 3.05) is 60.6 Å². The Morgan fingerprint density at radius 1 is 1.38 bits per heavy atom. The molecule has 0 bridgehead atoms. The normalized spacial score (nSPS) is 18.2. The zero-order valence-electron chi connectivity index (χ0n) is 15.2. The maximum absolute atomic E-state index is 12.0. The first-order valence-electron chi connectivity index (χ1n) is 8.38. The minimum atomic E-state index is -0.164. The van der Waals surface area contributed by atoms with Crippen LogP contribution in [0.25, 0.3) is 0 Å². The van der Waals surface area contributed by atoms with Crippen LogP contribution in [0.5, 0.6) is 0 Å². The van der Waals surface area contributed by atoms with E-state index in [1.165, 1.54) is 4.90 Å². The lowest BCUT2D eigenvalue weighted by Crippen LogP contribution is -2.49. The van der Waals surface area contributed by atoms with Gasteiger partial charge in [-0.2, -0.15) is 0 Å². The number of guanidine groups is 1. The summed E-state index contributed by atoms with van der Waals surface area (Å²) in [6, 6.07) is 0. The molecule has 8 nitrogen and oxygen atoms in total. The monoisotopic (exact) mass is 342 g/mol. The Bertz CT molecular complexity index is 440. The molecule has 0 radical (unpaired) electrons. The van der Waals surface area contributed by atoms with Gasteiger partial charge in [-0.3, -0.25) is 9.59 Å². The fraction of sp³-hybridized carbons (Fsp3) is 0.812. The van der Waals surface area contributed by atoms with E-state index in [9.17, 15) is 9.59 Å². The summed E-state index contributed by atoms with van der Waals surface area (Å²) in [6.45, 7) is 4.74. The molecule has 1 amide bonds. The van der Waals surface area contributed by atoms with E-state index < -0.39 is 0 Å². The molecule has 1 aliphatic rings. The van der Waals surface area contributed by atoms with E-state index >= 15 is 0 Å². The van der Waals surface area contributed by atoms with E-state index in [0.29, 0.717) is 32.3 Å². The molecule has 1 aliphatic heterocycles. The third kappa shape index (κ3) is 6.74. The second kappa shape index (κ2) is 10.9. The minimum Gasteiger partial charge on any atom is -0.466 e. The van der Waals surface area contributed by atoms with Gasteiger partial charge in [0.15, 0.2) is 5.96 Å². The molecule has 0 aromatic carbocycles. The summed E-state index contributed by atoms with van der Waals surface area (Å²) in [6.07, 6.45) is 1.70. The van der Waals surface area contributed by atoms with Crippen molar-refractivity contribution in [3.63, 3.8) is 0 Å². The number of ether oxygens (including phenoxy) is 2. The lowest BCUT2D eigenvalue weighted by Gasteiger charge is -2.34. The largest absolute Gasteiger partial charge is 0.466 e. The second-order valence-corrected chi connectivity index (χ2v) is 5.88. The van der Waals surface area contributed by atoms with Crippen molar-refractivity contribution in [2.45, 2.75) is 19.8 Å². The highest BCUT2D eigenvalue weighted by Gasteiger charge is 2.28. The van der Waals surface area contributed by atoms with Gasteiger partial charge < -0.3 is 24.6 Å². The smallest absolute Gasteiger partial charge is 0.310 e. The molecule has 1 unspecified atom stereocenters. The number of likely N-dealkylation sites (tertiary alicyclic amines) is 1. The van der Waals surface area contributed by atoms with Crippen molar-refractivity contribution >= 4 is 17.8 Å². The summed E-state index contributed by atoms with van der Waals surface area (Å²) in [5.41, 5.74) is 0. The number of likely N-dealkylation sites (N-methyl/N-ethyl adjacent to an activating group) is 1. The van der Waals surface area contributed by atoms with Crippen LogP contribution in [0.1, 0.15) is 19.8 Å². The number of hydrogen-bond donors (Lipinski definition) is 1. The van der Waals surface area contributed by atoms with Crippen LogP contribution in [0.4, 0.5) is 0 Å². The van der Waals surface area contributed by atoms with Crippen molar-refractivity contribution < 1.29 is 19.1 Å². The molecule has 0 saturated carbocycles. The molecule has 1 heterocycles. The van der Waals surface area contributed by atoms with Gasteiger partial charge in [0.25, 0.3) is 0 Å². The molecule has 0 aromatic heterocycles. The Kier molecular flexibility index (Phi) is 9.14. The van der Waals surface area contributed by atoms with Crippen LogP contribution in [-0.2, 0) is 19.1 Å². The number of carbonyl (C=O) groups is 2. The van der Waals surface area contributed by atoms with Crippen LogP contribution in [-0.4, -0.2) is 88.2 Å². The highest BCUT2D eigenvalue weighted by atomic mass is 16.5. The Hall–Kier alpha value is -1.83. The molecular formula is C16H30N4O4. The molecule has 24 heavy (non-hydrogen) atoms. The summed E-state index contributed by atoms with van der Waals surface area (Å²) in [4.78, 5) is 31.7. The van der Waals surface area contributed by atoms with Crippen LogP contribution >= 0.6 is 0 Å². The summed E-state index contributed by atoms with van der Waals surface area (Å²) in [7, 11) is 5.03. The van der Waals surface area contributed by atoms with E-state index in [1.807, 2.05) is 11.8 Å². The lowest BCUT2D eigenvalue weighted by molar-refractivity contribution is -0.149. The molecule has 1 atom stereocenters. The summed E-state index contributed by atoms with van der Waals surface area (Å²) >= 11 is 0. The number of rotatable bonds is 7. The molecule has 8 heteroatoms. The van der Waals surface area contributed by atoms with E-state index in [1.54, 1.807) is 21.2 Å². The zero-order valence-corrected chi connectivity index (χ0v) is 15.2. The van der Waals surface area contributed by atoms with E-state index in [0.717, 1.165) is 19.4 Å². The Morgan fingerprint density at radius 2 is 2.12 bits per heavy atom. The molecule has 1 fully saturated rings. The SMILES string of the molecule is CCOC(=O)C1CCCN(C(=NCC(=O)N(C)C)NCCOC)C1. The molecule has 0 spiro atoms. The number of nitrogens with zero attached hydrogens (tertiary/aromatic N) is 3. The summed E-state index contributed by atoms with van der Waals surface area (Å²) < 4.78 is 10.2. The van der Waals surface area contributed by atoms with Crippen LogP contribution in [0.3, 0.4) is 0 Å². The Balaban J connectivity index is 2.74. The third-order valence-electron chi connectivity index (χ3n) is 3.79. The first-order chi connectivity index (χ1) is 11.5. The van der Waals surface area contributed by atoms with Crippen LogP contribution in [0.2, 0.25) is 0 Å². The molecular weight excluding hydrogens is 312 g/mol. The zero-order chi connectivity index (χ0) is 17.9. The number of aliphatic imine (C=N–C) groups is 1. The van der Waals surface area contributed by atoms with Crippen LogP contribution in [0, 0.1) is 5.92 Å². The van der Waals surface area contributed by atoms with Gasteiger partial charge in [-0.05, 0) is 19.8 Å². The average Bonchev–Trinajstić information content (AvgIpc) is 2.57. The number of piperidine rings is 1. The van der Waals surface area contributed by atoms with Crippen LogP contribution < -0.4 is 5.32 Å². The van der Waals surface area contributed by atoms with Crippen molar-refractivity contribution in [1.29, 1.82) is 0 Å². The fourth-order valence-electron chi connectivity index (χ4n) is 2.44. The molecule has 0 aliphatic carbocycles. The van der Waals surface area contributed by atoms with Gasteiger partial charge in [0.1, 0.15) is 6.54 Å². The van der Waals surface area contributed by atoms with Gasteiger partial charge in [0, 0.05) is 40.8 Å². The van der Waals surface area contributed by atoms with Gasteiger partial charge in [-0.15, -0.1) is 0 Å². The van der Waals surface area contributed by atoms with E-state index in [-0.39, 0.29) is 24.3 Å². The number of amides is 1. The average molecular weight is 342 g/mol. The van der Waals surface area contributed by atoms with Gasteiger partial charge >= 0.3 is 5.97 Å². The van der Waals surface area contributed by atoms with Gasteiger partial charge in [-0.25, -0.2) is 4.99 Å². The van der Waals surface area contributed by atoms with E-state index in [2.05, 4.69) is 10.3 Å². The lowest BCUT2D eigenvalue weighted by atomic mass is 9.98. The number of methoxy groups -OCH3 is 1. The summed E-state index contributed by atoms with van der Waals surface area (Å²) in [5, 5.41) is 3.20. The number of nitrogens with one attached hydrogen (secondary N) is 1. The Labute approximate surface area is 144 Å². The fourth-order valence-corrected chi connectivity index (χ4v) is 2.44. The van der Waals surface area contributed by atoms with Crippen molar-refractivity contribution in [1.82, 2.24) is 15.1 Å². The number of hydrogen-bond acceptors (Lipinski definition) is 5. The highest BCUT2D eigenvalue weighted by molar-refractivity contribution is 5.85. The maximum Gasteiger partial charge on any atom is 0.310 e. The Morgan fingerprint density at radius 3 is 2.75 bits per heavy atom. The predicted octanol–water partition coefficient (Wildman–Crippen LogP) is -0.0583. The first kappa shape index (κ1) is 20.2. The van der Waals surface area contributed by atoms with Gasteiger partial charge in [0.05, 0.1) is 19.1 Å². The molecule has 0 aromatic rings. The van der Waals surface area contributed by atoms with Gasteiger partial charge in [-0.1, -0.05) is 0 Å². The van der Waals surface area contributed by atoms with Crippen molar-refractivity contribution in [3.05, 3.63) is 0 Å². The quantitative estimate of drug-likeness (QED) is 0.302. The van der Waals surface area contributed by atoms with Gasteiger partial charge in [0.2, 0.25) is 5.91 Å². The number of carbonyl (C=O) groups excluding carboxylic acids is 2. The third-order valence-corrected chi connectivity index (χ3v) is 3.79. The molecule has 138 valence electrons. The topological polar surface area (TPSA) is 83.5 Å². The second-order valence-electron chi connectivity index (χ2n) is 5.88. The molecule has 1 saturated heterocycles. The van der Waals surface area contributed by atoms with E-state index in [4.69, 9.17) is 9.47 Å². The maximum atomic E-state index is 12.0. The number of esters is 1. The minimum absolute atomic E-state index is 0.0695. The molecule has 1 N–H and O–H groups in total. The molecule has 1 rings (SSSR count). The van der Waals surface area contributed by atoms with Crippen molar-refractivity contribution in [2.24, 2.45) is 10.9 Å². The standard InChI is InChI=1S/C16H30N4O4/c1-5-24-15(22)13-7-6-9-20(12-13)16(17-8-10-23-4)18-11-14(21)19(2)3/h13H,5-12H2,1-4H3,(H,17,18). The predicted molar refractivity (Wildman–Crippen MR) is 91.8 cm³/mol. The van der Waals surface area contributed by atoms with Crippen LogP contribution in [0.15, 0.2) is 4.99 Å². The highest BCUT2D eigenvalue weighted by Crippen LogP contribution is 2.18. The first-order valence-corrected chi connectivity index (χ1v) is 8.38.